The van der Waals surface area contributed by atoms with Crippen molar-refractivity contribution in [3.8, 4) is 17.2 Å². The topological polar surface area (TPSA) is 47.9 Å². The van der Waals surface area contributed by atoms with Crippen molar-refractivity contribution >= 4 is 0 Å². The van der Waals surface area contributed by atoms with E-state index in [0.29, 0.717) is 5.56 Å². The zero-order valence-corrected chi connectivity index (χ0v) is 15.3. The first-order valence-electron chi connectivity index (χ1n) is 13.6. The van der Waals surface area contributed by atoms with Crippen LogP contribution in [0.4, 0.5) is 0 Å². The Labute approximate surface area is 172 Å². The van der Waals surface area contributed by atoms with Gasteiger partial charge in [0.15, 0.2) is 11.5 Å². The third kappa shape index (κ3) is 5.95. The van der Waals surface area contributed by atoms with E-state index in [-0.39, 0.29) is 59.6 Å². The van der Waals surface area contributed by atoms with Crippen LogP contribution in [0, 0.1) is 13.8 Å². The monoisotopic (exact) mass is 369 g/mol. The molecule has 1 N–H and O–H groups in total. The number of rotatable bonds is 10. The Bertz CT molecular complexity index is 1150. The van der Waals surface area contributed by atoms with Crippen LogP contribution in [0.3, 0.4) is 0 Å². The molecule has 0 aliphatic heterocycles. The maximum Gasteiger partial charge on any atom is 0.160 e. The van der Waals surface area contributed by atoms with Gasteiger partial charge in [-0.1, -0.05) is 18.5 Å². The highest BCUT2D eigenvalue weighted by atomic mass is 16.5. The van der Waals surface area contributed by atoms with Crippen LogP contribution in [0.5, 0.6) is 17.2 Å². The lowest BCUT2D eigenvalue weighted by Crippen LogP contribution is -2.17. The molecule has 0 heterocycles. The van der Waals surface area contributed by atoms with Crippen molar-refractivity contribution in [1.82, 2.24) is 0 Å². The molecule has 26 heavy (non-hydrogen) atoms. The number of hydrogen-bond donors (Lipinski definition) is 1. The second-order valence-electron chi connectivity index (χ2n) is 5.46. The van der Waals surface area contributed by atoms with Crippen molar-refractivity contribution in [2.24, 2.45) is 0 Å². The van der Waals surface area contributed by atoms with E-state index in [4.69, 9.17) is 29.3 Å². The van der Waals surface area contributed by atoms with Crippen LogP contribution in [0.15, 0.2) is 36.3 Å². The first-order chi connectivity index (χ1) is 16.9. The molecule has 0 saturated heterocycles. The van der Waals surface area contributed by atoms with E-state index >= 15 is 0 Å². The predicted octanol–water partition coefficient (Wildman–Crippen LogP) is 4.47. The minimum atomic E-state index is -3.52. The van der Waals surface area contributed by atoms with Gasteiger partial charge in [0.2, 0.25) is 0 Å². The summed E-state index contributed by atoms with van der Waals surface area (Å²) in [6, 6.07) is -2.24. The van der Waals surface area contributed by atoms with Crippen LogP contribution in [-0.2, 0) is 6.42 Å². The maximum absolute atomic E-state index is 10.7. The second kappa shape index (κ2) is 10.1. The maximum atomic E-state index is 10.7. The van der Waals surface area contributed by atoms with E-state index in [2.05, 4.69) is 0 Å². The molecule has 1 unspecified atom stereocenters. The molecule has 0 aliphatic rings. The predicted molar refractivity (Wildman–Crippen MR) is 105 cm³/mol. The lowest BCUT2D eigenvalue weighted by Gasteiger charge is -2.13. The number of ether oxygens (including phenoxy) is 3. The summed E-state index contributed by atoms with van der Waals surface area (Å²) in [4.78, 5) is 0. The van der Waals surface area contributed by atoms with Gasteiger partial charge < -0.3 is 19.3 Å². The highest BCUT2D eigenvalue weighted by Gasteiger charge is 2.07. The molecule has 1 atom stereocenters. The lowest BCUT2D eigenvalue weighted by atomic mass is 10.0. The largest absolute Gasteiger partial charge is 0.493 e. The molecule has 142 valence electrons. The fourth-order valence-electron chi connectivity index (χ4n) is 2.02. The van der Waals surface area contributed by atoms with E-state index < -0.39 is 43.3 Å². The molecule has 0 aromatic heterocycles. The van der Waals surface area contributed by atoms with Crippen molar-refractivity contribution in [1.29, 1.82) is 0 Å². The molecule has 0 aliphatic carbocycles. The number of methoxy groups -OCH3 is 2. The van der Waals surface area contributed by atoms with Crippen molar-refractivity contribution < 1.29 is 34.4 Å². The Hall–Kier alpha value is -2.20. The second-order valence-corrected chi connectivity index (χ2v) is 5.46. The summed E-state index contributed by atoms with van der Waals surface area (Å²) < 4.78 is 105. The van der Waals surface area contributed by atoms with Gasteiger partial charge in [-0.3, -0.25) is 0 Å². The molecule has 4 nitrogen and oxygen atoms in total. The quantitative estimate of drug-likeness (QED) is 0.671. The molecule has 0 amide bonds. The average Bonchev–Trinajstić information content (AvgIpc) is 2.83. The van der Waals surface area contributed by atoms with Crippen LogP contribution in [0.1, 0.15) is 51.0 Å². The molecule has 0 saturated carbocycles. The molecular weight excluding hydrogens is 328 g/mol. The number of aliphatic hydroxyl groups is 1. The summed E-state index contributed by atoms with van der Waals surface area (Å²) in [5.74, 6) is -0.847. The van der Waals surface area contributed by atoms with E-state index in [1.165, 1.54) is 28.1 Å². The molecule has 0 spiro atoms. The molecular formula is C22H30O4. The molecule has 2 rings (SSSR count). The van der Waals surface area contributed by atoms with Crippen molar-refractivity contribution in [2.75, 3.05) is 20.8 Å². The van der Waals surface area contributed by atoms with E-state index in [0.717, 1.165) is 0 Å². The van der Waals surface area contributed by atoms with Gasteiger partial charge in [0.05, 0.1) is 32.6 Å². The minimum Gasteiger partial charge on any atom is -0.493 e. The first-order valence-corrected chi connectivity index (χ1v) is 8.06. The molecule has 0 radical (unpaired) electrons. The minimum absolute atomic E-state index is 0.0574. The zero-order valence-electron chi connectivity index (χ0n) is 26.3. The lowest BCUT2D eigenvalue weighted by molar-refractivity contribution is 0.0976. The SMILES string of the molecule is [2H]c1c([2H])c(OC([2H])([2H])C([2H])(O)C([2H])([2H])CCCc2c([2H])c([2H])c(OC)c(OC)c2[2H])c([2H])c(C)c1C. The summed E-state index contributed by atoms with van der Waals surface area (Å²) >= 11 is 0. The summed E-state index contributed by atoms with van der Waals surface area (Å²) in [5, 5.41) is 10.7. The van der Waals surface area contributed by atoms with Crippen LogP contribution in [-0.4, -0.2) is 32.0 Å². The fourth-order valence-corrected chi connectivity index (χ4v) is 2.02. The Kier molecular flexibility index (Phi) is 3.74. The molecule has 2 aromatic rings. The fraction of sp³-hybridized carbons (Fsp3) is 0.455. The van der Waals surface area contributed by atoms with Gasteiger partial charge in [0.25, 0.3) is 0 Å². The summed E-state index contributed by atoms with van der Waals surface area (Å²) in [7, 11) is 2.54. The van der Waals surface area contributed by atoms with Gasteiger partial charge in [-0.05, 0) is 73.9 Å². The number of hydrogen-bond acceptors (Lipinski definition) is 4. The summed E-state index contributed by atoms with van der Waals surface area (Å²) in [6.45, 7) is -0.450. The standard InChI is InChI=1S/C22H30O4/c1-16-9-11-20(13-17(16)2)26-15-19(23)8-6-5-7-18-10-12-21(24-3)22(14-18)25-4/h9-14,19,23H,5-8,15H2,1-4H3/i8D2,9D,10D,11D,12D,13D,14D,15D2,19D. The smallest absolute Gasteiger partial charge is 0.160 e. The first kappa shape index (κ1) is 9.65. The molecule has 0 bridgehead atoms. The highest BCUT2D eigenvalue weighted by molar-refractivity contribution is 5.42. The normalized spacial score (nSPS) is 20.3. The molecule has 4 heteroatoms. The van der Waals surface area contributed by atoms with Crippen LogP contribution in [0.25, 0.3) is 0 Å². The van der Waals surface area contributed by atoms with Gasteiger partial charge in [-0.15, -0.1) is 0 Å². The van der Waals surface area contributed by atoms with E-state index in [9.17, 15) is 5.11 Å². The van der Waals surface area contributed by atoms with Gasteiger partial charge in [0.1, 0.15) is 12.3 Å². The van der Waals surface area contributed by atoms with Gasteiger partial charge in [-0.2, -0.15) is 0 Å². The summed E-state index contributed by atoms with van der Waals surface area (Å²) in [6.07, 6.45) is -7.32. The Balaban J connectivity index is 2.32. The number of benzene rings is 2. The van der Waals surface area contributed by atoms with Gasteiger partial charge in [0, 0.05) is 2.74 Å². The average molecular weight is 370 g/mol. The Morgan fingerprint density at radius 1 is 1.04 bits per heavy atom. The molecule has 0 fully saturated rings. The third-order valence-electron chi connectivity index (χ3n) is 3.58. The Morgan fingerprint density at radius 2 is 1.81 bits per heavy atom. The van der Waals surface area contributed by atoms with Crippen LogP contribution < -0.4 is 14.2 Å². The zero-order chi connectivity index (χ0) is 28.7. The van der Waals surface area contributed by atoms with E-state index in [1.807, 2.05) is 0 Å². The van der Waals surface area contributed by atoms with E-state index in [1.54, 1.807) is 0 Å². The highest BCUT2D eigenvalue weighted by Crippen LogP contribution is 2.28. The van der Waals surface area contributed by atoms with Crippen molar-refractivity contribution in [2.45, 2.75) is 45.6 Å². The van der Waals surface area contributed by atoms with Crippen LogP contribution >= 0.6 is 0 Å². The van der Waals surface area contributed by atoms with Crippen molar-refractivity contribution in [3.05, 3.63) is 52.9 Å². The van der Waals surface area contributed by atoms with Gasteiger partial charge in [-0.25, -0.2) is 0 Å². The van der Waals surface area contributed by atoms with Gasteiger partial charge >= 0.3 is 0 Å². The Morgan fingerprint density at radius 3 is 2.54 bits per heavy atom. The molecule has 2 aromatic carbocycles. The van der Waals surface area contributed by atoms with Crippen LogP contribution in [0.2, 0.25) is 0 Å². The van der Waals surface area contributed by atoms with Crippen molar-refractivity contribution in [3.63, 3.8) is 0 Å². The third-order valence-corrected chi connectivity index (χ3v) is 3.58. The summed E-state index contributed by atoms with van der Waals surface area (Å²) in [5.41, 5.74) is 0.611.